The van der Waals surface area contributed by atoms with Crippen LogP contribution in [0, 0.1) is 12.7 Å². The summed E-state index contributed by atoms with van der Waals surface area (Å²) in [7, 11) is 0. The molecule has 0 aliphatic carbocycles. The smallest absolute Gasteiger partial charge is 0.338 e. The topological polar surface area (TPSA) is 60.0 Å². The van der Waals surface area contributed by atoms with Gasteiger partial charge in [-0.2, -0.15) is 5.10 Å². The lowest BCUT2D eigenvalue weighted by molar-refractivity contribution is 0.0691. The van der Waals surface area contributed by atoms with E-state index in [1.54, 1.807) is 12.3 Å². The molecule has 1 N–H and O–H groups in total. The molecule has 4 rings (SSSR count). The van der Waals surface area contributed by atoms with Crippen molar-refractivity contribution in [3.05, 3.63) is 70.9 Å². The summed E-state index contributed by atoms with van der Waals surface area (Å²) >= 11 is 7.65. The number of halogens is 2. The maximum atomic E-state index is 13.8. The lowest BCUT2D eigenvalue weighted by Gasteiger charge is -2.07. The van der Waals surface area contributed by atoms with Gasteiger partial charge in [-0.15, -0.1) is 0 Å². The predicted octanol–water partition coefficient (Wildman–Crippen LogP) is 5.80. The van der Waals surface area contributed by atoms with E-state index in [0.29, 0.717) is 9.92 Å². The first kappa shape index (κ1) is 19.5. The summed E-state index contributed by atoms with van der Waals surface area (Å²) in [5.41, 5.74) is 2.45. The molecule has 2 aromatic heterocycles. The monoisotopic (exact) mass is 429 g/mol. The zero-order valence-electron chi connectivity index (χ0n) is 15.7. The summed E-state index contributed by atoms with van der Waals surface area (Å²) in [6, 6.07) is 9.78. The number of benzene rings is 2. The van der Waals surface area contributed by atoms with Crippen LogP contribution in [0.3, 0.4) is 0 Å². The van der Waals surface area contributed by atoms with E-state index in [-0.39, 0.29) is 5.56 Å². The fourth-order valence-corrected chi connectivity index (χ4v) is 4.55. The maximum absolute atomic E-state index is 13.8. The number of fused-ring (bicyclic) bond motifs is 1. The highest BCUT2D eigenvalue weighted by atomic mass is 35.5. The number of aromatic carboxylic acids is 1. The van der Waals surface area contributed by atoms with E-state index in [0.717, 1.165) is 33.7 Å². The molecule has 0 amide bonds. The first-order valence-corrected chi connectivity index (χ1v) is 10.1. The number of hydrogen-bond donors (Lipinski definition) is 1. The molecule has 0 bridgehead atoms. The zero-order chi connectivity index (χ0) is 20.7. The van der Waals surface area contributed by atoms with Crippen molar-refractivity contribution in [2.45, 2.75) is 30.2 Å². The van der Waals surface area contributed by atoms with Crippen LogP contribution in [-0.2, 0) is 6.54 Å². The molecular formula is C21H17ClFN3O2S. The molecule has 0 spiro atoms. The maximum Gasteiger partial charge on any atom is 0.338 e. The van der Waals surface area contributed by atoms with Gasteiger partial charge in [0.1, 0.15) is 5.82 Å². The van der Waals surface area contributed by atoms with Gasteiger partial charge in [0.15, 0.2) is 0 Å². The Labute approximate surface area is 175 Å². The van der Waals surface area contributed by atoms with Crippen molar-refractivity contribution < 1.29 is 14.3 Å². The van der Waals surface area contributed by atoms with Crippen LogP contribution in [0.1, 0.15) is 23.0 Å². The first-order chi connectivity index (χ1) is 13.9. The van der Waals surface area contributed by atoms with Crippen LogP contribution < -0.4 is 0 Å². The van der Waals surface area contributed by atoms with Gasteiger partial charge in [-0.25, -0.2) is 9.18 Å². The number of carbonyl (C=O) groups is 1. The molecule has 0 fully saturated rings. The molecule has 0 unspecified atom stereocenters. The molecule has 0 saturated heterocycles. The minimum atomic E-state index is -1.29. The average molecular weight is 430 g/mol. The van der Waals surface area contributed by atoms with Crippen molar-refractivity contribution >= 4 is 40.2 Å². The zero-order valence-corrected chi connectivity index (χ0v) is 17.3. The first-order valence-electron chi connectivity index (χ1n) is 8.93. The number of aryl methyl sites for hydroxylation is 1. The molecule has 0 radical (unpaired) electrons. The van der Waals surface area contributed by atoms with Crippen molar-refractivity contribution in [3.63, 3.8) is 0 Å². The van der Waals surface area contributed by atoms with Gasteiger partial charge in [-0.1, -0.05) is 29.4 Å². The van der Waals surface area contributed by atoms with E-state index >= 15 is 0 Å². The molecular weight excluding hydrogens is 413 g/mol. The molecule has 5 nitrogen and oxygen atoms in total. The third-order valence-corrected chi connectivity index (χ3v) is 6.14. The molecule has 29 heavy (non-hydrogen) atoms. The SMILES string of the molecule is CCn1cc(-n2c(C)c(Sc3ccc(F)c(C(=O)O)c3)c3ccc(Cl)cc32)cn1. The van der Waals surface area contributed by atoms with Crippen LogP contribution in [0.2, 0.25) is 5.02 Å². The van der Waals surface area contributed by atoms with Crippen molar-refractivity contribution in [3.8, 4) is 5.69 Å². The van der Waals surface area contributed by atoms with E-state index in [2.05, 4.69) is 9.67 Å². The predicted molar refractivity (Wildman–Crippen MR) is 112 cm³/mol. The molecule has 0 saturated carbocycles. The van der Waals surface area contributed by atoms with Crippen LogP contribution in [-0.4, -0.2) is 25.4 Å². The Bertz CT molecular complexity index is 1250. The molecule has 0 atom stereocenters. The summed E-state index contributed by atoms with van der Waals surface area (Å²) in [5, 5.41) is 15.2. The normalized spacial score (nSPS) is 11.3. The van der Waals surface area contributed by atoms with E-state index in [1.165, 1.54) is 23.9 Å². The second-order valence-corrected chi connectivity index (χ2v) is 8.03. The Kier molecular flexibility index (Phi) is 5.10. The van der Waals surface area contributed by atoms with Crippen LogP contribution >= 0.6 is 23.4 Å². The van der Waals surface area contributed by atoms with Gasteiger partial charge in [0.25, 0.3) is 0 Å². The Balaban J connectivity index is 1.88. The van der Waals surface area contributed by atoms with Crippen LogP contribution in [0.5, 0.6) is 0 Å². The largest absolute Gasteiger partial charge is 0.478 e. The van der Waals surface area contributed by atoms with E-state index in [1.807, 2.05) is 42.9 Å². The highest BCUT2D eigenvalue weighted by Crippen LogP contribution is 2.40. The van der Waals surface area contributed by atoms with Gasteiger partial charge in [-0.05, 0) is 44.2 Å². The number of nitrogens with zero attached hydrogens (tertiary/aromatic N) is 3. The van der Waals surface area contributed by atoms with Crippen LogP contribution in [0.4, 0.5) is 4.39 Å². The third-order valence-electron chi connectivity index (χ3n) is 4.70. The minimum absolute atomic E-state index is 0.344. The van der Waals surface area contributed by atoms with E-state index < -0.39 is 11.8 Å². The lowest BCUT2D eigenvalue weighted by atomic mass is 10.2. The minimum Gasteiger partial charge on any atom is -0.478 e. The summed E-state index contributed by atoms with van der Waals surface area (Å²) in [6.07, 6.45) is 3.76. The number of aromatic nitrogens is 3. The standard InChI is InChI=1S/C21H17ClFN3O2S/c1-3-25-11-14(10-24-25)26-12(2)20(16-6-4-13(22)8-19(16)26)29-15-5-7-18(23)17(9-15)21(27)28/h4-11H,3H2,1-2H3,(H,27,28). The molecule has 148 valence electrons. The Morgan fingerprint density at radius 1 is 1.28 bits per heavy atom. The lowest BCUT2D eigenvalue weighted by Crippen LogP contribution is -2.00. The van der Waals surface area contributed by atoms with Gasteiger partial charge >= 0.3 is 5.97 Å². The highest BCUT2D eigenvalue weighted by Gasteiger charge is 2.19. The van der Waals surface area contributed by atoms with Gasteiger partial charge in [0.05, 0.1) is 23.0 Å². The van der Waals surface area contributed by atoms with Gasteiger partial charge in [-0.3, -0.25) is 4.68 Å². The van der Waals surface area contributed by atoms with Crippen LogP contribution in [0.15, 0.2) is 58.6 Å². The van der Waals surface area contributed by atoms with Crippen molar-refractivity contribution in [1.29, 1.82) is 0 Å². The second kappa shape index (κ2) is 7.57. The fourth-order valence-electron chi connectivity index (χ4n) is 3.31. The van der Waals surface area contributed by atoms with Gasteiger partial charge in [0, 0.05) is 38.6 Å². The number of hydrogen-bond acceptors (Lipinski definition) is 3. The third kappa shape index (κ3) is 3.52. The molecule has 8 heteroatoms. The molecule has 4 aromatic rings. The second-order valence-electron chi connectivity index (χ2n) is 6.51. The van der Waals surface area contributed by atoms with Gasteiger partial charge in [0.2, 0.25) is 0 Å². The fraction of sp³-hybridized carbons (Fsp3) is 0.143. The van der Waals surface area contributed by atoms with Crippen LogP contribution in [0.25, 0.3) is 16.6 Å². The number of rotatable bonds is 5. The van der Waals surface area contributed by atoms with E-state index in [9.17, 15) is 14.3 Å². The van der Waals surface area contributed by atoms with E-state index in [4.69, 9.17) is 11.6 Å². The van der Waals surface area contributed by atoms with Gasteiger partial charge < -0.3 is 9.67 Å². The summed E-state index contributed by atoms with van der Waals surface area (Å²) in [6.45, 7) is 4.76. The molecule has 2 aromatic carbocycles. The number of carboxylic acids is 1. The molecule has 0 aliphatic rings. The van der Waals surface area contributed by atoms with Crippen molar-refractivity contribution in [2.75, 3.05) is 0 Å². The summed E-state index contributed by atoms with van der Waals surface area (Å²) in [5.74, 6) is -2.04. The quantitative estimate of drug-likeness (QED) is 0.435. The number of carboxylic acid groups (broad SMARTS) is 1. The molecule has 2 heterocycles. The Morgan fingerprint density at radius 2 is 2.07 bits per heavy atom. The molecule has 0 aliphatic heterocycles. The Morgan fingerprint density at radius 3 is 2.76 bits per heavy atom. The summed E-state index contributed by atoms with van der Waals surface area (Å²) in [4.78, 5) is 12.9. The van der Waals surface area contributed by atoms with Crippen molar-refractivity contribution in [2.24, 2.45) is 0 Å². The highest BCUT2D eigenvalue weighted by molar-refractivity contribution is 7.99. The van der Waals surface area contributed by atoms with Crippen molar-refractivity contribution in [1.82, 2.24) is 14.3 Å². The Hall–Kier alpha value is -2.77. The average Bonchev–Trinajstić information content (AvgIpc) is 3.25. The summed E-state index contributed by atoms with van der Waals surface area (Å²) < 4.78 is 17.7.